The molecule has 0 bridgehead atoms. The molecule has 1 atom stereocenters. The van der Waals surface area contributed by atoms with Gasteiger partial charge in [0.25, 0.3) is 5.76 Å². The Labute approximate surface area is 101 Å². The second-order valence-corrected chi connectivity index (χ2v) is 4.67. The summed E-state index contributed by atoms with van der Waals surface area (Å²) in [6, 6.07) is 6.36. The van der Waals surface area contributed by atoms with E-state index in [1.807, 2.05) is 0 Å². The number of carbonyl (C=O) groups is 1. The molecule has 1 rings (SSSR count). The van der Waals surface area contributed by atoms with Gasteiger partial charge in [0.05, 0.1) is 5.69 Å². The number of para-hydroxylation sites is 1. The molecule has 16 heavy (non-hydrogen) atoms. The van der Waals surface area contributed by atoms with Crippen LogP contribution in [0.25, 0.3) is 0 Å². The first-order chi connectivity index (χ1) is 7.50. The molecule has 1 aromatic rings. The normalized spacial score (nSPS) is 12.6. The molecule has 1 unspecified atom stereocenters. The molecule has 0 aliphatic rings. The van der Waals surface area contributed by atoms with Crippen LogP contribution in [0.15, 0.2) is 29.2 Å². The molecule has 1 N–H and O–H groups in total. The molecule has 0 aliphatic carbocycles. The zero-order valence-corrected chi connectivity index (χ0v) is 9.99. The Bertz CT molecular complexity index is 374. The van der Waals surface area contributed by atoms with Gasteiger partial charge >= 0.3 is 0 Å². The molecule has 0 aromatic heterocycles. The Kier molecular flexibility index (Phi) is 5.02. The zero-order chi connectivity index (χ0) is 12.1. The number of thioether (sulfide) groups is 1. The minimum atomic E-state index is -2.52. The highest BCUT2D eigenvalue weighted by atomic mass is 35.5. The minimum Gasteiger partial charge on any atom is -0.324 e. The first kappa shape index (κ1) is 13.3. The molecule has 0 fully saturated rings. The van der Waals surface area contributed by atoms with Gasteiger partial charge in [0.2, 0.25) is 5.91 Å². The smallest absolute Gasteiger partial charge is 0.288 e. The first-order valence-electron chi connectivity index (χ1n) is 4.49. The van der Waals surface area contributed by atoms with E-state index in [2.05, 4.69) is 5.32 Å². The van der Waals surface area contributed by atoms with E-state index in [4.69, 9.17) is 11.6 Å². The average Bonchev–Trinajstić information content (AvgIpc) is 2.20. The van der Waals surface area contributed by atoms with Crippen molar-refractivity contribution in [2.45, 2.75) is 23.0 Å². The molecule has 0 radical (unpaired) electrons. The largest absolute Gasteiger partial charge is 0.324 e. The Morgan fingerprint density at radius 2 is 2.06 bits per heavy atom. The van der Waals surface area contributed by atoms with Gasteiger partial charge in [-0.05, 0) is 19.1 Å². The third-order valence-electron chi connectivity index (χ3n) is 1.72. The highest BCUT2D eigenvalue weighted by Crippen LogP contribution is 2.31. The lowest BCUT2D eigenvalue weighted by Gasteiger charge is -2.10. The molecular weight excluding hydrogens is 256 g/mol. The van der Waals surface area contributed by atoms with Crippen molar-refractivity contribution in [2.75, 3.05) is 5.32 Å². The molecular formula is C10H10ClF2NOS. The number of benzene rings is 1. The summed E-state index contributed by atoms with van der Waals surface area (Å²) in [5.74, 6) is -2.93. The summed E-state index contributed by atoms with van der Waals surface area (Å²) in [4.78, 5) is 11.6. The number of nitrogens with one attached hydrogen (secondary N) is 1. The van der Waals surface area contributed by atoms with E-state index in [1.165, 1.54) is 13.0 Å². The van der Waals surface area contributed by atoms with Gasteiger partial charge in [-0.15, -0.1) is 11.6 Å². The Morgan fingerprint density at radius 3 is 2.62 bits per heavy atom. The maximum Gasteiger partial charge on any atom is 0.288 e. The van der Waals surface area contributed by atoms with Gasteiger partial charge in [-0.2, -0.15) is 8.78 Å². The number of halogens is 3. The van der Waals surface area contributed by atoms with Crippen molar-refractivity contribution in [1.82, 2.24) is 0 Å². The van der Waals surface area contributed by atoms with Crippen LogP contribution in [0.1, 0.15) is 6.92 Å². The summed E-state index contributed by atoms with van der Waals surface area (Å²) in [5.41, 5.74) is 0.352. The number of hydrogen-bond donors (Lipinski definition) is 1. The Balaban J connectivity index is 2.82. The quantitative estimate of drug-likeness (QED) is 0.666. The second-order valence-electron chi connectivity index (χ2n) is 2.98. The topological polar surface area (TPSA) is 29.1 Å². The average molecular weight is 266 g/mol. The van der Waals surface area contributed by atoms with E-state index in [9.17, 15) is 13.6 Å². The highest BCUT2D eigenvalue weighted by Gasteiger charge is 2.14. The summed E-state index contributed by atoms with van der Waals surface area (Å²) in [6.45, 7) is 1.51. The van der Waals surface area contributed by atoms with Crippen LogP contribution in [-0.2, 0) is 4.79 Å². The van der Waals surface area contributed by atoms with Gasteiger partial charge in [0, 0.05) is 4.90 Å². The summed E-state index contributed by atoms with van der Waals surface area (Å²) in [5, 5.41) is 1.79. The van der Waals surface area contributed by atoms with Gasteiger partial charge in [-0.1, -0.05) is 23.9 Å². The number of rotatable bonds is 4. The van der Waals surface area contributed by atoms with Gasteiger partial charge in [-0.25, -0.2) is 0 Å². The third kappa shape index (κ3) is 3.98. The lowest BCUT2D eigenvalue weighted by molar-refractivity contribution is -0.115. The van der Waals surface area contributed by atoms with Crippen LogP contribution in [-0.4, -0.2) is 17.0 Å². The van der Waals surface area contributed by atoms with Crippen LogP contribution in [0.5, 0.6) is 0 Å². The Morgan fingerprint density at radius 1 is 1.44 bits per heavy atom. The van der Waals surface area contributed by atoms with Crippen molar-refractivity contribution in [3.05, 3.63) is 24.3 Å². The lowest BCUT2D eigenvalue weighted by atomic mass is 10.3. The van der Waals surface area contributed by atoms with Gasteiger partial charge in [0.15, 0.2) is 0 Å². The molecule has 0 saturated carbocycles. The fourth-order valence-electron chi connectivity index (χ4n) is 1.00. The summed E-state index contributed by atoms with van der Waals surface area (Å²) in [6.07, 6.45) is 0. The fraction of sp³-hybridized carbons (Fsp3) is 0.300. The summed E-state index contributed by atoms with van der Waals surface area (Å²) in [7, 11) is 0. The highest BCUT2D eigenvalue weighted by molar-refractivity contribution is 7.99. The van der Waals surface area contributed by atoms with Gasteiger partial charge < -0.3 is 5.32 Å². The molecule has 0 heterocycles. The van der Waals surface area contributed by atoms with E-state index < -0.39 is 17.0 Å². The van der Waals surface area contributed by atoms with Crippen LogP contribution < -0.4 is 5.32 Å². The SMILES string of the molecule is CC(Cl)C(=O)Nc1ccccc1SC(F)F. The first-order valence-corrected chi connectivity index (χ1v) is 5.81. The Hall–Kier alpha value is -0.810. The number of amides is 1. The van der Waals surface area contributed by atoms with Crippen molar-refractivity contribution in [3.63, 3.8) is 0 Å². The standard InChI is InChI=1S/C10H10ClF2NOS/c1-6(11)9(15)14-7-4-2-3-5-8(7)16-10(12)13/h2-6,10H,1H3,(H,14,15). The molecule has 1 aromatic carbocycles. The van der Waals surface area contributed by atoms with Crippen molar-refractivity contribution in [1.29, 1.82) is 0 Å². The third-order valence-corrected chi connectivity index (χ3v) is 2.71. The van der Waals surface area contributed by atoms with Gasteiger partial charge in [-0.3, -0.25) is 4.79 Å². The number of carbonyl (C=O) groups excluding carboxylic acids is 1. The van der Waals surface area contributed by atoms with E-state index in [1.54, 1.807) is 18.2 Å². The predicted octanol–water partition coefficient (Wildman–Crippen LogP) is 3.57. The van der Waals surface area contributed by atoms with Crippen molar-refractivity contribution in [2.24, 2.45) is 0 Å². The fourth-order valence-corrected chi connectivity index (χ4v) is 1.65. The molecule has 0 spiro atoms. The summed E-state index contributed by atoms with van der Waals surface area (Å²) >= 11 is 5.96. The van der Waals surface area contributed by atoms with Gasteiger partial charge in [0.1, 0.15) is 5.38 Å². The zero-order valence-electron chi connectivity index (χ0n) is 8.41. The predicted molar refractivity (Wildman–Crippen MR) is 62.2 cm³/mol. The molecule has 2 nitrogen and oxygen atoms in total. The molecule has 88 valence electrons. The number of anilines is 1. The molecule has 0 saturated heterocycles. The second kappa shape index (κ2) is 6.06. The van der Waals surface area contributed by atoms with Crippen molar-refractivity contribution >= 4 is 35.0 Å². The minimum absolute atomic E-state index is 0.322. The van der Waals surface area contributed by atoms with Crippen LogP contribution >= 0.6 is 23.4 Å². The van der Waals surface area contributed by atoms with Crippen LogP contribution in [0, 0.1) is 0 Å². The monoisotopic (exact) mass is 265 g/mol. The van der Waals surface area contributed by atoms with Crippen LogP contribution in [0.4, 0.5) is 14.5 Å². The molecule has 1 amide bonds. The van der Waals surface area contributed by atoms with E-state index >= 15 is 0 Å². The van der Waals surface area contributed by atoms with Crippen LogP contribution in [0.3, 0.4) is 0 Å². The van der Waals surface area contributed by atoms with E-state index in [-0.39, 0.29) is 0 Å². The summed E-state index contributed by atoms with van der Waals surface area (Å²) < 4.78 is 24.4. The molecule has 0 aliphatic heterocycles. The molecule has 6 heteroatoms. The maximum atomic E-state index is 12.2. The number of hydrogen-bond acceptors (Lipinski definition) is 2. The maximum absolute atomic E-state index is 12.2. The van der Waals surface area contributed by atoms with E-state index in [0.29, 0.717) is 22.3 Å². The van der Waals surface area contributed by atoms with E-state index in [0.717, 1.165) is 0 Å². The van der Waals surface area contributed by atoms with Crippen LogP contribution in [0.2, 0.25) is 0 Å². The lowest BCUT2D eigenvalue weighted by Crippen LogP contribution is -2.20. The number of alkyl halides is 3. The van der Waals surface area contributed by atoms with Crippen molar-refractivity contribution < 1.29 is 13.6 Å². The van der Waals surface area contributed by atoms with Crippen molar-refractivity contribution in [3.8, 4) is 0 Å².